The van der Waals surface area contributed by atoms with E-state index in [0.717, 1.165) is 44.5 Å². The Morgan fingerprint density at radius 2 is 1.22 bits per heavy atom. The molecule has 7 aromatic carbocycles. The molecule has 0 aliphatic rings. The van der Waals surface area contributed by atoms with Crippen molar-refractivity contribution < 1.29 is 4.42 Å². The summed E-state index contributed by atoms with van der Waals surface area (Å²) in [5.41, 5.74) is 8.36. The molecule has 2 aromatic heterocycles. The zero-order valence-electron chi connectivity index (χ0n) is 24.2. The zero-order valence-corrected chi connectivity index (χ0v) is 25.0. The first-order valence-corrected chi connectivity index (χ1v) is 15.9. The van der Waals surface area contributed by atoms with E-state index in [-0.39, 0.29) is 0 Å². The first-order chi connectivity index (χ1) is 22.3. The molecule has 0 amide bonds. The molecule has 0 spiro atoms. The second-order valence-electron chi connectivity index (χ2n) is 11.2. The molecule has 9 aromatic rings. The van der Waals surface area contributed by atoms with Crippen molar-refractivity contribution in [3.63, 3.8) is 0 Å². The van der Waals surface area contributed by atoms with Gasteiger partial charge >= 0.3 is 0 Å². The summed E-state index contributed by atoms with van der Waals surface area (Å²) >= 11 is 1.85. The van der Waals surface area contributed by atoms with Gasteiger partial charge in [0.05, 0.1) is 0 Å². The third kappa shape index (κ3) is 4.38. The molecule has 0 N–H and O–H groups in total. The van der Waals surface area contributed by atoms with Crippen LogP contribution in [0.3, 0.4) is 0 Å². The minimum absolute atomic E-state index is 0.637. The molecule has 4 heteroatoms. The highest BCUT2D eigenvalue weighted by Crippen LogP contribution is 2.43. The van der Waals surface area contributed by atoms with Crippen LogP contribution in [0.2, 0.25) is 0 Å². The number of benzene rings is 7. The van der Waals surface area contributed by atoms with Crippen LogP contribution in [0.25, 0.3) is 64.6 Å². The Bertz CT molecular complexity index is 2500. The highest BCUT2D eigenvalue weighted by atomic mass is 32.1. The van der Waals surface area contributed by atoms with Gasteiger partial charge in [-0.1, -0.05) is 84.9 Å². The van der Waals surface area contributed by atoms with Crippen molar-refractivity contribution in [1.29, 1.82) is 0 Å². The van der Waals surface area contributed by atoms with E-state index in [4.69, 9.17) is 9.40 Å². The number of hydrogen-bond donors (Lipinski definition) is 0. The second-order valence-corrected chi connectivity index (χ2v) is 12.3. The first-order valence-electron chi connectivity index (χ1n) is 15.0. The standard InChI is InChI=1S/C41H26N2OS/c1-3-11-27(12-4-1)41-42-40-34-23-22-32(26-29(34)21-24-36(40)44-41)43(30-14-5-2-6-15-30)31-16-9-13-28(25-31)33-18-10-20-38-39(33)35-17-7-8-19-37(35)45-38/h1-26H. The lowest BCUT2D eigenvalue weighted by Gasteiger charge is -2.26. The van der Waals surface area contributed by atoms with E-state index >= 15 is 0 Å². The number of fused-ring (bicyclic) bond motifs is 6. The third-order valence-electron chi connectivity index (χ3n) is 8.47. The van der Waals surface area contributed by atoms with Crippen LogP contribution < -0.4 is 4.90 Å². The van der Waals surface area contributed by atoms with Crippen LogP contribution in [0, 0.1) is 0 Å². The van der Waals surface area contributed by atoms with Crippen LogP contribution >= 0.6 is 11.3 Å². The largest absolute Gasteiger partial charge is 0.436 e. The molecule has 0 saturated carbocycles. The van der Waals surface area contributed by atoms with Gasteiger partial charge in [0.15, 0.2) is 5.58 Å². The monoisotopic (exact) mass is 594 g/mol. The van der Waals surface area contributed by atoms with E-state index in [2.05, 4.69) is 126 Å². The van der Waals surface area contributed by atoms with Gasteiger partial charge in [-0.15, -0.1) is 11.3 Å². The zero-order chi connectivity index (χ0) is 29.7. The maximum absolute atomic E-state index is 6.16. The van der Waals surface area contributed by atoms with E-state index in [1.54, 1.807) is 0 Å². The number of rotatable bonds is 5. The number of anilines is 3. The molecule has 45 heavy (non-hydrogen) atoms. The van der Waals surface area contributed by atoms with Gasteiger partial charge in [-0.05, 0) is 89.3 Å². The summed E-state index contributed by atoms with van der Waals surface area (Å²) in [4.78, 5) is 7.24. The lowest BCUT2D eigenvalue weighted by atomic mass is 9.98. The summed E-state index contributed by atoms with van der Waals surface area (Å²) in [6.45, 7) is 0. The second kappa shape index (κ2) is 10.5. The smallest absolute Gasteiger partial charge is 0.227 e. The van der Waals surface area contributed by atoms with Crippen molar-refractivity contribution in [3.05, 3.63) is 158 Å². The Morgan fingerprint density at radius 3 is 2.11 bits per heavy atom. The number of thiophene rings is 1. The topological polar surface area (TPSA) is 29.3 Å². The van der Waals surface area contributed by atoms with Crippen molar-refractivity contribution in [2.45, 2.75) is 0 Å². The molecule has 3 nitrogen and oxygen atoms in total. The maximum Gasteiger partial charge on any atom is 0.227 e. The quantitative estimate of drug-likeness (QED) is 0.198. The Labute approximate surface area is 264 Å². The van der Waals surface area contributed by atoms with Gasteiger partial charge in [-0.2, -0.15) is 0 Å². The van der Waals surface area contributed by atoms with Crippen LogP contribution in [-0.2, 0) is 0 Å². The minimum Gasteiger partial charge on any atom is -0.436 e. The Kier molecular flexibility index (Phi) is 6.00. The average Bonchev–Trinajstić information content (AvgIpc) is 3.72. The third-order valence-corrected chi connectivity index (χ3v) is 9.61. The molecule has 0 aliphatic carbocycles. The molecule has 9 rings (SSSR count). The molecule has 0 radical (unpaired) electrons. The van der Waals surface area contributed by atoms with Gasteiger partial charge in [-0.3, -0.25) is 0 Å². The first kappa shape index (κ1) is 25.8. The molecule has 0 aliphatic heterocycles. The van der Waals surface area contributed by atoms with Gasteiger partial charge in [0.1, 0.15) is 5.52 Å². The van der Waals surface area contributed by atoms with Crippen molar-refractivity contribution in [3.8, 4) is 22.6 Å². The Hall–Kier alpha value is -5.71. The van der Waals surface area contributed by atoms with Gasteiger partial charge in [0, 0.05) is 48.2 Å². The molecule has 0 atom stereocenters. The maximum atomic E-state index is 6.16. The lowest BCUT2D eigenvalue weighted by molar-refractivity contribution is 0.620. The highest BCUT2D eigenvalue weighted by Gasteiger charge is 2.17. The molecule has 0 fully saturated rings. The van der Waals surface area contributed by atoms with Crippen LogP contribution in [0.1, 0.15) is 0 Å². The number of para-hydroxylation sites is 1. The number of oxazole rings is 1. The number of nitrogens with zero attached hydrogens (tertiary/aromatic N) is 2. The fourth-order valence-corrected chi connectivity index (χ4v) is 7.53. The van der Waals surface area contributed by atoms with Crippen molar-refractivity contribution in [2.24, 2.45) is 0 Å². The molecule has 0 unspecified atom stereocenters. The number of hydrogen-bond acceptors (Lipinski definition) is 4. The summed E-state index contributed by atoms with van der Waals surface area (Å²) in [7, 11) is 0. The van der Waals surface area contributed by atoms with Gasteiger partial charge in [0.2, 0.25) is 5.89 Å². The summed E-state index contributed by atoms with van der Waals surface area (Å²) in [6, 6.07) is 55.6. The van der Waals surface area contributed by atoms with Gasteiger partial charge in [0.25, 0.3) is 0 Å². The van der Waals surface area contributed by atoms with Crippen LogP contribution in [-0.4, -0.2) is 4.98 Å². The van der Waals surface area contributed by atoms with E-state index in [9.17, 15) is 0 Å². The molecule has 0 bridgehead atoms. The normalized spacial score (nSPS) is 11.6. The average molecular weight is 595 g/mol. The minimum atomic E-state index is 0.637. The predicted octanol–water partition coefficient (Wildman–Crippen LogP) is 12.2. The Balaban J connectivity index is 1.19. The number of aromatic nitrogens is 1. The van der Waals surface area contributed by atoms with Gasteiger partial charge < -0.3 is 9.32 Å². The van der Waals surface area contributed by atoms with Crippen molar-refractivity contribution in [2.75, 3.05) is 4.90 Å². The summed E-state index contributed by atoms with van der Waals surface area (Å²) < 4.78 is 8.79. The summed E-state index contributed by atoms with van der Waals surface area (Å²) in [5.74, 6) is 0.637. The highest BCUT2D eigenvalue weighted by molar-refractivity contribution is 7.25. The molecule has 0 saturated heterocycles. The molecule has 2 heterocycles. The van der Waals surface area contributed by atoms with E-state index in [1.165, 1.54) is 31.3 Å². The van der Waals surface area contributed by atoms with Crippen LogP contribution in [0.5, 0.6) is 0 Å². The van der Waals surface area contributed by atoms with Crippen LogP contribution in [0.4, 0.5) is 17.1 Å². The van der Waals surface area contributed by atoms with Gasteiger partial charge in [-0.25, -0.2) is 4.98 Å². The molecular formula is C41H26N2OS. The summed E-state index contributed by atoms with van der Waals surface area (Å²) in [6.07, 6.45) is 0. The van der Waals surface area contributed by atoms with Crippen molar-refractivity contribution >= 4 is 70.4 Å². The van der Waals surface area contributed by atoms with E-state index in [1.807, 2.05) is 47.7 Å². The van der Waals surface area contributed by atoms with E-state index < -0.39 is 0 Å². The predicted molar refractivity (Wildman–Crippen MR) is 190 cm³/mol. The SMILES string of the molecule is c1ccc(-c2nc3c(ccc4cc(N(c5ccccc5)c5cccc(-c6cccc7sc8ccccc8c67)c5)ccc43)o2)cc1. The van der Waals surface area contributed by atoms with Crippen molar-refractivity contribution in [1.82, 2.24) is 4.98 Å². The molecular weight excluding hydrogens is 569 g/mol. The summed E-state index contributed by atoms with van der Waals surface area (Å²) in [5, 5.41) is 4.81. The Morgan fingerprint density at radius 1 is 0.511 bits per heavy atom. The fraction of sp³-hybridized carbons (Fsp3) is 0. The van der Waals surface area contributed by atoms with Crippen LogP contribution in [0.15, 0.2) is 162 Å². The van der Waals surface area contributed by atoms with E-state index in [0.29, 0.717) is 5.89 Å². The molecule has 212 valence electrons. The lowest BCUT2D eigenvalue weighted by Crippen LogP contribution is -2.09. The fourth-order valence-electron chi connectivity index (χ4n) is 6.40.